The SMILES string of the molecule is CCC(CC)(CN)Nc1cc2n[nH]c(=O)n2cn1. The van der Waals surface area contributed by atoms with E-state index in [2.05, 4.69) is 34.3 Å². The number of nitrogens with two attached hydrogens (primary N) is 1. The van der Waals surface area contributed by atoms with Crippen molar-refractivity contribution in [3.8, 4) is 0 Å². The molecule has 2 rings (SSSR count). The zero-order chi connectivity index (χ0) is 13.2. The van der Waals surface area contributed by atoms with E-state index in [1.807, 2.05) is 0 Å². The first-order valence-corrected chi connectivity index (χ1v) is 6.05. The van der Waals surface area contributed by atoms with E-state index < -0.39 is 0 Å². The van der Waals surface area contributed by atoms with Gasteiger partial charge >= 0.3 is 5.69 Å². The van der Waals surface area contributed by atoms with Crippen molar-refractivity contribution in [3.63, 3.8) is 0 Å². The van der Waals surface area contributed by atoms with Gasteiger partial charge in [0.2, 0.25) is 0 Å². The van der Waals surface area contributed by atoms with Crippen molar-refractivity contribution in [2.75, 3.05) is 11.9 Å². The summed E-state index contributed by atoms with van der Waals surface area (Å²) < 4.78 is 1.35. The molecular weight excluding hydrogens is 232 g/mol. The van der Waals surface area contributed by atoms with Gasteiger partial charge in [-0.3, -0.25) is 0 Å². The summed E-state index contributed by atoms with van der Waals surface area (Å²) in [6.45, 7) is 4.70. The second-order valence-electron chi connectivity index (χ2n) is 4.35. The number of aromatic amines is 1. The lowest BCUT2D eigenvalue weighted by Crippen LogP contribution is -2.44. The Morgan fingerprint density at radius 3 is 2.83 bits per heavy atom. The molecule has 0 bridgehead atoms. The summed E-state index contributed by atoms with van der Waals surface area (Å²) in [6.07, 6.45) is 3.26. The lowest BCUT2D eigenvalue weighted by Gasteiger charge is -2.31. The molecule has 0 amide bonds. The Balaban J connectivity index is 2.34. The van der Waals surface area contributed by atoms with Crippen molar-refractivity contribution >= 4 is 11.5 Å². The molecule has 7 nitrogen and oxygen atoms in total. The molecular formula is C11H18N6O. The summed E-state index contributed by atoms with van der Waals surface area (Å²) in [5.74, 6) is 0.677. The van der Waals surface area contributed by atoms with Crippen molar-refractivity contribution in [3.05, 3.63) is 22.9 Å². The Labute approximate surface area is 104 Å². The van der Waals surface area contributed by atoms with Crippen LogP contribution in [-0.4, -0.2) is 31.7 Å². The maximum atomic E-state index is 11.3. The number of nitrogens with one attached hydrogen (secondary N) is 2. The van der Waals surface area contributed by atoms with Gasteiger partial charge in [-0.15, -0.1) is 0 Å². The number of anilines is 1. The van der Waals surface area contributed by atoms with E-state index in [9.17, 15) is 4.79 Å². The molecule has 0 fully saturated rings. The molecule has 0 atom stereocenters. The van der Waals surface area contributed by atoms with Crippen LogP contribution in [0.5, 0.6) is 0 Å². The summed E-state index contributed by atoms with van der Waals surface area (Å²) >= 11 is 0. The Bertz CT molecular complexity index is 574. The zero-order valence-corrected chi connectivity index (χ0v) is 10.6. The van der Waals surface area contributed by atoms with Crippen molar-refractivity contribution in [1.29, 1.82) is 0 Å². The third-order valence-electron chi connectivity index (χ3n) is 3.45. The van der Waals surface area contributed by atoms with Crippen molar-refractivity contribution < 1.29 is 0 Å². The Kier molecular flexibility index (Phi) is 3.33. The fourth-order valence-corrected chi connectivity index (χ4v) is 1.92. The summed E-state index contributed by atoms with van der Waals surface area (Å²) in [6, 6.07) is 1.73. The van der Waals surface area contributed by atoms with E-state index in [4.69, 9.17) is 5.73 Å². The third-order valence-corrected chi connectivity index (χ3v) is 3.45. The van der Waals surface area contributed by atoms with Crippen LogP contribution < -0.4 is 16.7 Å². The molecule has 7 heteroatoms. The average Bonchev–Trinajstić information content (AvgIpc) is 2.77. The lowest BCUT2D eigenvalue weighted by molar-refractivity contribution is 0.443. The highest BCUT2D eigenvalue weighted by Crippen LogP contribution is 2.19. The first-order chi connectivity index (χ1) is 8.64. The van der Waals surface area contributed by atoms with Gasteiger partial charge in [-0.25, -0.2) is 19.3 Å². The van der Waals surface area contributed by atoms with E-state index in [0.717, 1.165) is 12.8 Å². The molecule has 0 aliphatic heterocycles. The van der Waals surface area contributed by atoms with E-state index in [-0.39, 0.29) is 11.2 Å². The van der Waals surface area contributed by atoms with Gasteiger partial charge in [-0.05, 0) is 12.8 Å². The highest BCUT2D eigenvalue weighted by atomic mass is 16.1. The lowest BCUT2D eigenvalue weighted by atomic mass is 9.93. The predicted octanol–water partition coefficient (Wildman–Crippen LogP) is 0.347. The smallest absolute Gasteiger partial charge is 0.348 e. The Morgan fingerprint density at radius 1 is 1.50 bits per heavy atom. The van der Waals surface area contributed by atoms with Crippen molar-refractivity contribution in [2.45, 2.75) is 32.2 Å². The monoisotopic (exact) mass is 250 g/mol. The number of aromatic nitrogens is 4. The molecule has 0 saturated heterocycles. The van der Waals surface area contributed by atoms with E-state index >= 15 is 0 Å². The summed E-state index contributed by atoms with van der Waals surface area (Å²) in [4.78, 5) is 15.5. The van der Waals surface area contributed by atoms with Crippen LogP contribution in [0.15, 0.2) is 17.2 Å². The first-order valence-electron chi connectivity index (χ1n) is 6.05. The maximum absolute atomic E-state index is 11.3. The van der Waals surface area contributed by atoms with Gasteiger partial charge in [0.05, 0.1) is 5.54 Å². The normalized spacial score (nSPS) is 11.9. The van der Waals surface area contributed by atoms with Crippen LogP contribution >= 0.6 is 0 Å². The van der Waals surface area contributed by atoms with Gasteiger partial charge in [0.1, 0.15) is 12.1 Å². The molecule has 2 aromatic rings. The summed E-state index contributed by atoms with van der Waals surface area (Å²) in [5, 5.41) is 9.61. The van der Waals surface area contributed by atoms with Gasteiger partial charge in [0.25, 0.3) is 0 Å². The number of hydrogen-bond donors (Lipinski definition) is 3. The molecule has 0 radical (unpaired) electrons. The standard InChI is InChI=1S/C11H18N6O/c1-3-11(4-2,6-12)14-8-5-9-15-16-10(18)17(9)7-13-8/h5,7,14H,3-4,6,12H2,1-2H3,(H,16,18). The Hall–Kier alpha value is -1.89. The summed E-state index contributed by atoms with van der Waals surface area (Å²) in [5.41, 5.74) is 5.91. The fraction of sp³-hybridized carbons (Fsp3) is 0.545. The van der Waals surface area contributed by atoms with Crippen molar-refractivity contribution in [2.24, 2.45) is 5.73 Å². The van der Waals surface area contributed by atoms with E-state index in [0.29, 0.717) is 18.0 Å². The molecule has 0 unspecified atom stereocenters. The highest BCUT2D eigenvalue weighted by molar-refractivity contribution is 5.49. The average molecular weight is 250 g/mol. The fourth-order valence-electron chi connectivity index (χ4n) is 1.92. The number of fused-ring (bicyclic) bond motifs is 1. The minimum absolute atomic E-state index is 0.165. The van der Waals surface area contributed by atoms with Crippen LogP contribution in [-0.2, 0) is 0 Å². The number of nitrogens with zero attached hydrogens (tertiary/aromatic N) is 3. The molecule has 2 aromatic heterocycles. The molecule has 2 heterocycles. The molecule has 18 heavy (non-hydrogen) atoms. The van der Waals surface area contributed by atoms with E-state index in [1.54, 1.807) is 6.07 Å². The largest absolute Gasteiger partial charge is 0.363 e. The van der Waals surface area contributed by atoms with Crippen LogP contribution in [0.4, 0.5) is 5.82 Å². The second kappa shape index (κ2) is 4.77. The number of hydrogen-bond acceptors (Lipinski definition) is 5. The van der Waals surface area contributed by atoms with Gasteiger partial charge in [-0.1, -0.05) is 13.8 Å². The van der Waals surface area contributed by atoms with Crippen molar-refractivity contribution in [1.82, 2.24) is 19.6 Å². The maximum Gasteiger partial charge on any atom is 0.348 e. The van der Waals surface area contributed by atoms with Crippen LogP contribution in [0, 0.1) is 0 Å². The molecule has 0 aliphatic rings. The van der Waals surface area contributed by atoms with Gasteiger partial charge < -0.3 is 11.1 Å². The topological polar surface area (TPSA) is 101 Å². The quantitative estimate of drug-likeness (QED) is 0.710. The molecule has 0 saturated carbocycles. The molecule has 0 aromatic carbocycles. The first kappa shape index (κ1) is 12.6. The molecule has 0 aliphatic carbocycles. The van der Waals surface area contributed by atoms with Crippen LogP contribution in [0.3, 0.4) is 0 Å². The minimum Gasteiger partial charge on any atom is -0.363 e. The van der Waals surface area contributed by atoms with E-state index in [1.165, 1.54) is 10.7 Å². The molecule has 98 valence electrons. The second-order valence-corrected chi connectivity index (χ2v) is 4.35. The van der Waals surface area contributed by atoms with Gasteiger partial charge in [-0.2, -0.15) is 5.10 Å². The highest BCUT2D eigenvalue weighted by Gasteiger charge is 2.24. The van der Waals surface area contributed by atoms with Crippen LogP contribution in [0.2, 0.25) is 0 Å². The molecule has 0 spiro atoms. The zero-order valence-electron chi connectivity index (χ0n) is 10.6. The summed E-state index contributed by atoms with van der Waals surface area (Å²) in [7, 11) is 0. The minimum atomic E-state index is -0.292. The third kappa shape index (κ3) is 2.08. The van der Waals surface area contributed by atoms with Crippen LogP contribution in [0.1, 0.15) is 26.7 Å². The van der Waals surface area contributed by atoms with Gasteiger partial charge in [0, 0.05) is 12.6 Å². The molecule has 4 N–H and O–H groups in total. The van der Waals surface area contributed by atoms with Crippen LogP contribution in [0.25, 0.3) is 5.65 Å². The number of rotatable bonds is 5. The number of H-pyrrole nitrogens is 1. The Morgan fingerprint density at radius 2 is 2.22 bits per heavy atom. The predicted molar refractivity (Wildman–Crippen MR) is 69.6 cm³/mol. The van der Waals surface area contributed by atoms with Gasteiger partial charge in [0.15, 0.2) is 5.65 Å².